The van der Waals surface area contributed by atoms with Crippen molar-refractivity contribution in [3.05, 3.63) is 54.1 Å². The van der Waals surface area contributed by atoms with Crippen LogP contribution in [-0.2, 0) is 9.53 Å². The minimum Gasteiger partial charge on any atom is -0.406 e. The van der Waals surface area contributed by atoms with E-state index in [0.29, 0.717) is 11.4 Å². The van der Waals surface area contributed by atoms with Crippen LogP contribution >= 0.6 is 0 Å². The van der Waals surface area contributed by atoms with Gasteiger partial charge in [0.15, 0.2) is 0 Å². The van der Waals surface area contributed by atoms with E-state index in [2.05, 4.69) is 15.4 Å². The number of hydrogen-bond donors (Lipinski definition) is 2. The van der Waals surface area contributed by atoms with Crippen LogP contribution in [0.4, 0.5) is 24.5 Å². The molecule has 0 aliphatic rings. The second-order valence-electron chi connectivity index (χ2n) is 5.08. The number of carbonyl (C=O) groups is 2. The molecule has 0 radical (unpaired) electrons. The molecule has 0 aromatic heterocycles. The Hall–Kier alpha value is -3.07. The molecular weight excluding hydrogens is 353 g/mol. The van der Waals surface area contributed by atoms with Gasteiger partial charge in [0.1, 0.15) is 12.4 Å². The zero-order chi connectivity index (χ0) is 19.2. The first-order valence-corrected chi connectivity index (χ1v) is 7.33. The number of hydrogen-bond acceptors (Lipinski definition) is 4. The molecule has 9 heteroatoms. The first kappa shape index (κ1) is 19.3. The monoisotopic (exact) mass is 368 g/mol. The smallest absolute Gasteiger partial charge is 0.406 e. The number of nitrogens with one attached hydrogen (secondary N) is 2. The lowest BCUT2D eigenvalue weighted by atomic mass is 10.2. The van der Waals surface area contributed by atoms with Gasteiger partial charge in [-0.1, -0.05) is 0 Å². The van der Waals surface area contributed by atoms with Crippen LogP contribution in [0.3, 0.4) is 0 Å². The lowest BCUT2D eigenvalue weighted by molar-refractivity contribution is -0.274. The van der Waals surface area contributed by atoms with E-state index < -0.39 is 18.0 Å². The van der Waals surface area contributed by atoms with Gasteiger partial charge in [0.2, 0.25) is 5.91 Å². The van der Waals surface area contributed by atoms with Crippen molar-refractivity contribution < 1.29 is 32.2 Å². The molecule has 0 aliphatic carbocycles. The summed E-state index contributed by atoms with van der Waals surface area (Å²) in [7, 11) is 1.40. The molecule has 0 fully saturated rings. The third-order valence-corrected chi connectivity index (χ3v) is 3.05. The van der Waals surface area contributed by atoms with Gasteiger partial charge in [-0.3, -0.25) is 9.59 Å². The summed E-state index contributed by atoms with van der Waals surface area (Å²) in [5, 5.41) is 5.19. The van der Waals surface area contributed by atoms with Crippen molar-refractivity contribution in [2.45, 2.75) is 6.36 Å². The highest BCUT2D eigenvalue weighted by Crippen LogP contribution is 2.23. The second-order valence-corrected chi connectivity index (χ2v) is 5.08. The van der Waals surface area contributed by atoms with E-state index >= 15 is 0 Å². The summed E-state index contributed by atoms with van der Waals surface area (Å²) >= 11 is 0. The van der Waals surface area contributed by atoms with Crippen LogP contribution in [0.2, 0.25) is 0 Å². The van der Waals surface area contributed by atoms with Crippen molar-refractivity contribution in [1.82, 2.24) is 0 Å². The Morgan fingerprint density at radius 1 is 0.923 bits per heavy atom. The number of amides is 2. The van der Waals surface area contributed by atoms with Gasteiger partial charge in [-0.2, -0.15) is 0 Å². The average molecular weight is 368 g/mol. The summed E-state index contributed by atoms with van der Waals surface area (Å²) in [5.74, 6) is -1.23. The predicted octanol–water partition coefficient (Wildman–Crippen LogP) is 3.42. The number of alkyl halides is 3. The molecule has 0 aliphatic heterocycles. The zero-order valence-electron chi connectivity index (χ0n) is 13.6. The van der Waals surface area contributed by atoms with Gasteiger partial charge in [0.25, 0.3) is 5.91 Å². The molecule has 26 heavy (non-hydrogen) atoms. The van der Waals surface area contributed by atoms with Crippen molar-refractivity contribution in [1.29, 1.82) is 0 Å². The van der Waals surface area contributed by atoms with E-state index in [1.807, 2.05) is 0 Å². The lowest BCUT2D eigenvalue weighted by Crippen LogP contribution is -2.17. The highest BCUT2D eigenvalue weighted by molar-refractivity contribution is 6.04. The van der Waals surface area contributed by atoms with E-state index in [0.717, 1.165) is 12.1 Å². The number of methoxy groups -OCH3 is 1. The Morgan fingerprint density at radius 2 is 1.46 bits per heavy atom. The van der Waals surface area contributed by atoms with Gasteiger partial charge in [-0.15, -0.1) is 13.2 Å². The zero-order valence-corrected chi connectivity index (χ0v) is 13.6. The van der Waals surface area contributed by atoms with Gasteiger partial charge in [0.05, 0.1) is 0 Å². The van der Waals surface area contributed by atoms with Gasteiger partial charge in [0, 0.05) is 24.0 Å². The van der Waals surface area contributed by atoms with E-state index in [-0.39, 0.29) is 18.1 Å². The molecular formula is C17H15F3N2O4. The van der Waals surface area contributed by atoms with Crippen LogP contribution in [0, 0.1) is 0 Å². The predicted molar refractivity (Wildman–Crippen MR) is 88.0 cm³/mol. The van der Waals surface area contributed by atoms with E-state index in [1.54, 1.807) is 24.3 Å². The van der Waals surface area contributed by atoms with Gasteiger partial charge in [-0.25, -0.2) is 0 Å². The molecule has 0 unspecified atom stereocenters. The number of benzene rings is 2. The molecule has 6 nitrogen and oxygen atoms in total. The van der Waals surface area contributed by atoms with Crippen molar-refractivity contribution in [3.8, 4) is 5.75 Å². The number of carbonyl (C=O) groups excluding carboxylic acids is 2. The van der Waals surface area contributed by atoms with Crippen molar-refractivity contribution in [2.75, 3.05) is 24.4 Å². The molecule has 0 atom stereocenters. The summed E-state index contributed by atoms with van der Waals surface area (Å²) in [6.07, 6.45) is -4.79. The highest BCUT2D eigenvalue weighted by atomic mass is 19.4. The maximum Gasteiger partial charge on any atom is 0.573 e. The van der Waals surface area contributed by atoms with Gasteiger partial charge < -0.3 is 20.1 Å². The Bertz CT molecular complexity index is 759. The molecule has 0 saturated carbocycles. The maximum atomic E-state index is 12.1. The normalized spacial score (nSPS) is 10.9. The summed E-state index contributed by atoms with van der Waals surface area (Å²) in [6, 6.07) is 10.9. The van der Waals surface area contributed by atoms with Crippen molar-refractivity contribution in [3.63, 3.8) is 0 Å². The second kappa shape index (κ2) is 8.34. The third kappa shape index (κ3) is 6.10. The molecule has 2 amide bonds. The fourth-order valence-electron chi connectivity index (χ4n) is 1.98. The Morgan fingerprint density at radius 3 is 1.96 bits per heavy atom. The molecule has 2 aromatic rings. The fourth-order valence-corrected chi connectivity index (χ4v) is 1.98. The fraction of sp³-hybridized carbons (Fsp3) is 0.176. The summed E-state index contributed by atoms with van der Waals surface area (Å²) in [4.78, 5) is 23.5. The number of halogens is 3. The molecule has 0 bridgehead atoms. The molecule has 0 spiro atoms. The summed E-state index contributed by atoms with van der Waals surface area (Å²) in [6.45, 7) is -0.0768. The van der Waals surface area contributed by atoms with Gasteiger partial charge >= 0.3 is 6.36 Å². The summed E-state index contributed by atoms with van der Waals surface area (Å²) < 4.78 is 44.8. The van der Waals surface area contributed by atoms with Crippen LogP contribution in [0.5, 0.6) is 5.75 Å². The minimum atomic E-state index is -4.79. The molecule has 2 rings (SSSR count). The number of anilines is 2. The number of ether oxygens (including phenoxy) is 2. The van der Waals surface area contributed by atoms with Gasteiger partial charge in [-0.05, 0) is 48.5 Å². The van der Waals surface area contributed by atoms with E-state index in [4.69, 9.17) is 4.74 Å². The Balaban J connectivity index is 1.95. The Labute approximate surface area is 146 Å². The highest BCUT2D eigenvalue weighted by Gasteiger charge is 2.31. The first-order chi connectivity index (χ1) is 12.3. The Kier molecular flexibility index (Phi) is 6.18. The summed E-state index contributed by atoms with van der Waals surface area (Å²) in [5.41, 5.74) is 1.14. The molecule has 2 aromatic carbocycles. The van der Waals surface area contributed by atoms with E-state index in [9.17, 15) is 22.8 Å². The number of rotatable bonds is 6. The SMILES string of the molecule is COCC(=O)Nc1ccc(NC(=O)c2ccc(OC(F)(F)F)cc2)cc1. The minimum absolute atomic E-state index is 0.0768. The van der Waals surface area contributed by atoms with Crippen LogP contribution < -0.4 is 15.4 Å². The standard InChI is InChI=1S/C17H15F3N2O4/c1-25-10-15(23)21-12-4-6-13(7-5-12)22-16(24)11-2-8-14(9-3-11)26-17(18,19)20/h2-9H,10H2,1H3,(H,21,23)(H,22,24). The molecule has 0 saturated heterocycles. The van der Waals surface area contributed by atoms with Crippen LogP contribution in [-0.4, -0.2) is 31.9 Å². The quantitative estimate of drug-likeness (QED) is 0.819. The van der Waals surface area contributed by atoms with Crippen LogP contribution in [0.25, 0.3) is 0 Å². The molecule has 138 valence electrons. The molecule has 0 heterocycles. The average Bonchev–Trinajstić information content (AvgIpc) is 2.56. The largest absolute Gasteiger partial charge is 0.573 e. The maximum absolute atomic E-state index is 12.1. The van der Waals surface area contributed by atoms with Crippen molar-refractivity contribution in [2.24, 2.45) is 0 Å². The lowest BCUT2D eigenvalue weighted by Gasteiger charge is -2.10. The van der Waals surface area contributed by atoms with Crippen LogP contribution in [0.15, 0.2) is 48.5 Å². The van der Waals surface area contributed by atoms with E-state index in [1.165, 1.54) is 19.2 Å². The molecule has 2 N–H and O–H groups in total. The topological polar surface area (TPSA) is 76.7 Å². The van der Waals surface area contributed by atoms with Crippen LogP contribution in [0.1, 0.15) is 10.4 Å². The third-order valence-electron chi connectivity index (χ3n) is 3.05. The van der Waals surface area contributed by atoms with Crippen molar-refractivity contribution >= 4 is 23.2 Å². The first-order valence-electron chi connectivity index (χ1n) is 7.33.